The first kappa shape index (κ1) is 14.4. The maximum atomic E-state index is 13.7. The van der Waals surface area contributed by atoms with Crippen molar-refractivity contribution >= 4 is 5.91 Å². The molecule has 100 valence electrons. The molecule has 0 saturated carbocycles. The molecular weight excluding hydrogens is 235 g/mol. The van der Waals surface area contributed by atoms with Crippen molar-refractivity contribution < 1.29 is 13.9 Å². The highest BCUT2D eigenvalue weighted by atomic mass is 19.1. The lowest BCUT2D eigenvalue weighted by molar-refractivity contribution is -0.122. The monoisotopic (exact) mass is 254 g/mol. The Morgan fingerprint density at radius 1 is 1.50 bits per heavy atom. The topological polar surface area (TPSA) is 64.3 Å². The minimum Gasteiger partial charge on any atom is -0.490 e. The SMILES string of the molecule is CNC(C)c1ccc(OCC(C)C(N)=O)c(F)c1. The van der Waals surface area contributed by atoms with Crippen molar-refractivity contribution in [1.82, 2.24) is 5.32 Å². The number of amides is 1. The summed E-state index contributed by atoms with van der Waals surface area (Å²) in [7, 11) is 1.81. The zero-order valence-electron chi connectivity index (χ0n) is 10.9. The summed E-state index contributed by atoms with van der Waals surface area (Å²) in [6.07, 6.45) is 0. The first-order valence-corrected chi connectivity index (χ1v) is 5.84. The minimum atomic E-state index is -0.462. The van der Waals surface area contributed by atoms with Crippen LogP contribution in [0.25, 0.3) is 0 Å². The molecule has 18 heavy (non-hydrogen) atoms. The Morgan fingerprint density at radius 2 is 2.17 bits per heavy atom. The summed E-state index contributed by atoms with van der Waals surface area (Å²) in [4.78, 5) is 10.8. The lowest BCUT2D eigenvalue weighted by Gasteiger charge is -2.14. The fourth-order valence-electron chi connectivity index (χ4n) is 1.37. The lowest BCUT2D eigenvalue weighted by atomic mass is 10.1. The quantitative estimate of drug-likeness (QED) is 0.810. The number of hydrogen-bond acceptors (Lipinski definition) is 3. The van der Waals surface area contributed by atoms with Crippen LogP contribution in [0.4, 0.5) is 4.39 Å². The van der Waals surface area contributed by atoms with Gasteiger partial charge in [-0.25, -0.2) is 4.39 Å². The van der Waals surface area contributed by atoms with Crippen LogP contribution in [0.3, 0.4) is 0 Å². The lowest BCUT2D eigenvalue weighted by Crippen LogP contribution is -2.26. The van der Waals surface area contributed by atoms with Gasteiger partial charge in [0.25, 0.3) is 0 Å². The van der Waals surface area contributed by atoms with E-state index in [9.17, 15) is 9.18 Å². The van der Waals surface area contributed by atoms with Crippen molar-refractivity contribution in [3.8, 4) is 5.75 Å². The molecule has 0 saturated heterocycles. The summed E-state index contributed by atoms with van der Waals surface area (Å²) in [6, 6.07) is 4.84. The van der Waals surface area contributed by atoms with Gasteiger partial charge in [-0.05, 0) is 31.7 Å². The maximum absolute atomic E-state index is 13.7. The molecule has 3 N–H and O–H groups in total. The molecule has 0 aliphatic heterocycles. The average molecular weight is 254 g/mol. The molecule has 1 amide bonds. The van der Waals surface area contributed by atoms with E-state index in [2.05, 4.69) is 5.32 Å². The molecule has 2 unspecified atom stereocenters. The Balaban J connectivity index is 2.71. The van der Waals surface area contributed by atoms with Crippen LogP contribution >= 0.6 is 0 Å². The molecule has 0 aliphatic carbocycles. The number of hydrogen-bond donors (Lipinski definition) is 2. The van der Waals surface area contributed by atoms with Crippen molar-refractivity contribution in [2.24, 2.45) is 11.7 Å². The summed E-state index contributed by atoms with van der Waals surface area (Å²) in [6.45, 7) is 3.65. The molecule has 5 heteroatoms. The number of nitrogens with one attached hydrogen (secondary N) is 1. The fourth-order valence-corrected chi connectivity index (χ4v) is 1.37. The minimum absolute atomic E-state index is 0.0677. The number of carbonyl (C=O) groups is 1. The van der Waals surface area contributed by atoms with Gasteiger partial charge in [-0.2, -0.15) is 0 Å². The standard InChI is InChI=1S/C13H19FN2O2/c1-8(13(15)17)7-18-12-5-4-10(6-11(12)14)9(2)16-3/h4-6,8-9,16H,7H2,1-3H3,(H2,15,17). The van der Waals surface area contributed by atoms with E-state index in [1.54, 1.807) is 19.1 Å². The normalized spacial score (nSPS) is 14.0. The zero-order chi connectivity index (χ0) is 13.7. The van der Waals surface area contributed by atoms with Crippen LogP contribution in [0.15, 0.2) is 18.2 Å². The number of nitrogens with two attached hydrogens (primary N) is 1. The van der Waals surface area contributed by atoms with Gasteiger partial charge in [0.15, 0.2) is 11.6 Å². The first-order chi connectivity index (χ1) is 8.45. The number of rotatable bonds is 6. The van der Waals surface area contributed by atoms with Gasteiger partial charge in [0.2, 0.25) is 5.91 Å². The van der Waals surface area contributed by atoms with Crippen LogP contribution in [0.2, 0.25) is 0 Å². The molecule has 1 aromatic rings. The Hall–Kier alpha value is -1.62. The number of primary amides is 1. The Bertz CT molecular complexity index is 423. The predicted molar refractivity (Wildman–Crippen MR) is 67.7 cm³/mol. The second-order valence-electron chi connectivity index (χ2n) is 4.31. The van der Waals surface area contributed by atoms with Crippen molar-refractivity contribution in [3.63, 3.8) is 0 Å². The summed E-state index contributed by atoms with van der Waals surface area (Å²) in [5.74, 6) is -1.21. The van der Waals surface area contributed by atoms with Crippen molar-refractivity contribution in [2.75, 3.05) is 13.7 Å². The van der Waals surface area contributed by atoms with Gasteiger partial charge in [-0.1, -0.05) is 13.0 Å². The van der Waals surface area contributed by atoms with E-state index in [1.807, 2.05) is 14.0 Å². The summed E-state index contributed by atoms with van der Waals surface area (Å²) < 4.78 is 19.0. The van der Waals surface area contributed by atoms with Gasteiger partial charge in [-0.3, -0.25) is 4.79 Å². The zero-order valence-corrected chi connectivity index (χ0v) is 10.9. The van der Waals surface area contributed by atoms with E-state index in [4.69, 9.17) is 10.5 Å². The molecule has 1 rings (SSSR count). The Morgan fingerprint density at radius 3 is 2.67 bits per heavy atom. The van der Waals surface area contributed by atoms with E-state index >= 15 is 0 Å². The van der Waals surface area contributed by atoms with Crippen LogP contribution in [0, 0.1) is 11.7 Å². The first-order valence-electron chi connectivity index (χ1n) is 5.84. The molecular formula is C13H19FN2O2. The van der Waals surface area contributed by atoms with Crippen LogP contribution < -0.4 is 15.8 Å². The maximum Gasteiger partial charge on any atom is 0.223 e. The van der Waals surface area contributed by atoms with E-state index < -0.39 is 17.6 Å². The van der Waals surface area contributed by atoms with E-state index in [-0.39, 0.29) is 18.4 Å². The molecule has 0 aliphatic rings. The van der Waals surface area contributed by atoms with Crippen LogP contribution in [-0.4, -0.2) is 19.6 Å². The van der Waals surface area contributed by atoms with Gasteiger partial charge in [0.1, 0.15) is 0 Å². The summed E-state index contributed by atoms with van der Waals surface area (Å²) in [5.41, 5.74) is 5.94. The van der Waals surface area contributed by atoms with Crippen LogP contribution in [-0.2, 0) is 4.79 Å². The van der Waals surface area contributed by atoms with E-state index in [1.165, 1.54) is 6.07 Å². The summed E-state index contributed by atoms with van der Waals surface area (Å²) >= 11 is 0. The van der Waals surface area contributed by atoms with Crippen LogP contribution in [0.1, 0.15) is 25.5 Å². The third-order valence-electron chi connectivity index (χ3n) is 2.86. The number of carbonyl (C=O) groups excluding carboxylic acids is 1. The number of halogens is 1. The summed E-state index contributed by atoms with van der Waals surface area (Å²) in [5, 5.41) is 3.02. The van der Waals surface area contributed by atoms with E-state index in [0.29, 0.717) is 0 Å². The van der Waals surface area contributed by atoms with Gasteiger partial charge in [-0.15, -0.1) is 0 Å². The number of benzene rings is 1. The smallest absolute Gasteiger partial charge is 0.223 e. The predicted octanol–water partition coefficient (Wildman–Crippen LogP) is 1.61. The van der Waals surface area contributed by atoms with E-state index in [0.717, 1.165) is 5.56 Å². The van der Waals surface area contributed by atoms with Crippen LogP contribution in [0.5, 0.6) is 5.75 Å². The third-order valence-corrected chi connectivity index (χ3v) is 2.86. The molecule has 0 aromatic heterocycles. The largest absolute Gasteiger partial charge is 0.490 e. The molecule has 0 spiro atoms. The van der Waals surface area contributed by atoms with Gasteiger partial charge >= 0.3 is 0 Å². The highest BCUT2D eigenvalue weighted by molar-refractivity contribution is 5.76. The molecule has 0 fully saturated rings. The number of ether oxygens (including phenoxy) is 1. The molecule has 4 nitrogen and oxygen atoms in total. The molecule has 0 radical (unpaired) electrons. The molecule has 1 aromatic carbocycles. The van der Waals surface area contributed by atoms with Gasteiger partial charge in [0.05, 0.1) is 12.5 Å². The van der Waals surface area contributed by atoms with Gasteiger partial charge < -0.3 is 15.8 Å². The van der Waals surface area contributed by atoms with Crippen molar-refractivity contribution in [1.29, 1.82) is 0 Å². The third kappa shape index (κ3) is 3.70. The van der Waals surface area contributed by atoms with Crippen molar-refractivity contribution in [2.45, 2.75) is 19.9 Å². The Labute approximate surface area is 106 Å². The molecule has 2 atom stereocenters. The van der Waals surface area contributed by atoms with Crippen molar-refractivity contribution in [3.05, 3.63) is 29.6 Å². The second-order valence-corrected chi connectivity index (χ2v) is 4.31. The molecule has 0 heterocycles. The molecule has 0 bridgehead atoms. The fraction of sp³-hybridized carbons (Fsp3) is 0.462. The second kappa shape index (κ2) is 6.35. The van der Waals surface area contributed by atoms with Gasteiger partial charge in [0, 0.05) is 6.04 Å². The Kier molecular flexibility index (Phi) is 5.09. The highest BCUT2D eigenvalue weighted by Crippen LogP contribution is 2.22. The average Bonchev–Trinajstić information content (AvgIpc) is 2.35. The highest BCUT2D eigenvalue weighted by Gasteiger charge is 2.12.